The average molecular weight is 194 g/mol. The molecule has 4 nitrogen and oxygen atoms in total. The van der Waals surface area contributed by atoms with Gasteiger partial charge in [0.25, 0.3) is 0 Å². The Morgan fingerprint density at radius 2 is 1.86 bits per heavy atom. The van der Waals surface area contributed by atoms with Crippen molar-refractivity contribution in [3.63, 3.8) is 0 Å². The van der Waals surface area contributed by atoms with Gasteiger partial charge in [0.2, 0.25) is 0 Å². The Morgan fingerprint density at radius 3 is 2.29 bits per heavy atom. The Hall–Kier alpha value is -1.84. The number of benzene rings is 1. The minimum atomic E-state index is 0.377. The zero-order valence-corrected chi connectivity index (χ0v) is 8.33. The molecule has 0 amide bonds. The Kier molecular flexibility index (Phi) is 2.86. The molecule has 76 valence electrons. The predicted molar refractivity (Wildman–Crippen MR) is 58.5 cm³/mol. The molecule has 0 radical (unpaired) electrons. The second-order valence-corrected chi connectivity index (χ2v) is 2.73. The third kappa shape index (κ3) is 1.46. The highest BCUT2D eigenvalue weighted by atomic mass is 16.5. The molecule has 0 aliphatic rings. The van der Waals surface area contributed by atoms with Gasteiger partial charge in [0.15, 0.2) is 5.75 Å². The lowest BCUT2D eigenvalue weighted by atomic mass is 10.1. The molecule has 0 spiro atoms. The Bertz CT molecular complexity index is 362. The van der Waals surface area contributed by atoms with E-state index >= 15 is 0 Å². The maximum Gasteiger partial charge on any atom is 0.151 e. The number of methoxy groups -OCH3 is 2. The van der Waals surface area contributed by atoms with E-state index in [4.69, 9.17) is 20.9 Å². The SMILES string of the molecule is C=Cc1cc(OC)c(N)c(N)c1OC. The molecule has 1 aromatic carbocycles. The molecule has 0 aliphatic heterocycles. The number of nitrogen functional groups attached to an aromatic ring is 2. The van der Waals surface area contributed by atoms with Crippen molar-refractivity contribution in [3.05, 3.63) is 18.2 Å². The lowest BCUT2D eigenvalue weighted by Gasteiger charge is -2.13. The van der Waals surface area contributed by atoms with Crippen LogP contribution in [-0.4, -0.2) is 14.2 Å². The number of hydrogen-bond donors (Lipinski definition) is 2. The van der Waals surface area contributed by atoms with E-state index in [2.05, 4.69) is 6.58 Å². The van der Waals surface area contributed by atoms with E-state index in [1.54, 1.807) is 12.1 Å². The van der Waals surface area contributed by atoms with Crippen LogP contribution in [0.1, 0.15) is 5.56 Å². The molecule has 0 heterocycles. The van der Waals surface area contributed by atoms with Crippen LogP contribution in [0.5, 0.6) is 11.5 Å². The summed E-state index contributed by atoms with van der Waals surface area (Å²) in [5.41, 5.74) is 13.0. The Morgan fingerprint density at radius 1 is 1.21 bits per heavy atom. The zero-order chi connectivity index (χ0) is 10.7. The van der Waals surface area contributed by atoms with Crippen LogP contribution in [0.4, 0.5) is 11.4 Å². The summed E-state index contributed by atoms with van der Waals surface area (Å²) in [6, 6.07) is 1.73. The van der Waals surface area contributed by atoms with Crippen molar-refractivity contribution < 1.29 is 9.47 Å². The number of anilines is 2. The second kappa shape index (κ2) is 3.91. The number of nitrogens with two attached hydrogens (primary N) is 2. The minimum Gasteiger partial charge on any atom is -0.494 e. The van der Waals surface area contributed by atoms with Crippen LogP contribution >= 0.6 is 0 Å². The lowest BCUT2D eigenvalue weighted by Crippen LogP contribution is -2.02. The van der Waals surface area contributed by atoms with Crippen molar-refractivity contribution in [3.8, 4) is 11.5 Å². The number of hydrogen-bond acceptors (Lipinski definition) is 4. The number of ether oxygens (including phenoxy) is 2. The van der Waals surface area contributed by atoms with Gasteiger partial charge in [-0.1, -0.05) is 12.7 Å². The first-order valence-corrected chi connectivity index (χ1v) is 4.08. The lowest BCUT2D eigenvalue weighted by molar-refractivity contribution is 0.406. The van der Waals surface area contributed by atoms with E-state index in [0.29, 0.717) is 22.9 Å². The highest BCUT2D eigenvalue weighted by molar-refractivity contribution is 5.82. The summed E-state index contributed by atoms with van der Waals surface area (Å²) in [4.78, 5) is 0. The third-order valence-electron chi connectivity index (χ3n) is 1.99. The van der Waals surface area contributed by atoms with Gasteiger partial charge < -0.3 is 20.9 Å². The van der Waals surface area contributed by atoms with Crippen molar-refractivity contribution in [1.82, 2.24) is 0 Å². The summed E-state index contributed by atoms with van der Waals surface area (Å²) in [5.74, 6) is 1.05. The summed E-state index contributed by atoms with van der Waals surface area (Å²) in [6.45, 7) is 3.65. The Balaban J connectivity index is 3.45. The normalized spacial score (nSPS) is 9.57. The Labute approximate surface area is 83.1 Å². The zero-order valence-electron chi connectivity index (χ0n) is 8.33. The van der Waals surface area contributed by atoms with Gasteiger partial charge in [-0.05, 0) is 6.07 Å². The van der Waals surface area contributed by atoms with Crippen LogP contribution in [0.2, 0.25) is 0 Å². The number of rotatable bonds is 3. The van der Waals surface area contributed by atoms with Crippen LogP contribution in [0.3, 0.4) is 0 Å². The van der Waals surface area contributed by atoms with Crippen LogP contribution in [0.15, 0.2) is 12.6 Å². The van der Waals surface area contributed by atoms with Gasteiger partial charge >= 0.3 is 0 Å². The van der Waals surface area contributed by atoms with E-state index < -0.39 is 0 Å². The molecular weight excluding hydrogens is 180 g/mol. The molecule has 0 fully saturated rings. The minimum absolute atomic E-state index is 0.377. The first-order chi connectivity index (χ1) is 6.65. The van der Waals surface area contributed by atoms with Crippen molar-refractivity contribution >= 4 is 17.5 Å². The maximum atomic E-state index is 5.77. The van der Waals surface area contributed by atoms with Gasteiger partial charge in [-0.25, -0.2) is 0 Å². The van der Waals surface area contributed by atoms with Gasteiger partial charge in [0, 0.05) is 5.56 Å². The van der Waals surface area contributed by atoms with E-state index in [1.807, 2.05) is 0 Å². The van der Waals surface area contributed by atoms with E-state index in [0.717, 1.165) is 5.56 Å². The second-order valence-electron chi connectivity index (χ2n) is 2.73. The quantitative estimate of drug-likeness (QED) is 0.715. The summed E-state index contributed by atoms with van der Waals surface area (Å²) in [5, 5.41) is 0. The van der Waals surface area contributed by atoms with Gasteiger partial charge in [-0.2, -0.15) is 0 Å². The molecule has 4 N–H and O–H groups in total. The van der Waals surface area contributed by atoms with Crippen molar-refractivity contribution in [2.45, 2.75) is 0 Å². The van der Waals surface area contributed by atoms with Crippen molar-refractivity contribution in [2.24, 2.45) is 0 Å². The molecule has 1 rings (SSSR count). The topological polar surface area (TPSA) is 70.5 Å². The molecule has 4 heteroatoms. The van der Waals surface area contributed by atoms with Crippen molar-refractivity contribution in [1.29, 1.82) is 0 Å². The van der Waals surface area contributed by atoms with Crippen LogP contribution in [-0.2, 0) is 0 Å². The molecule has 14 heavy (non-hydrogen) atoms. The first kappa shape index (κ1) is 10.2. The van der Waals surface area contributed by atoms with Crippen LogP contribution in [0.25, 0.3) is 6.08 Å². The average Bonchev–Trinajstić information content (AvgIpc) is 2.21. The highest BCUT2D eigenvalue weighted by Crippen LogP contribution is 2.39. The van der Waals surface area contributed by atoms with Crippen LogP contribution < -0.4 is 20.9 Å². The fourth-order valence-electron chi connectivity index (χ4n) is 1.24. The van der Waals surface area contributed by atoms with Gasteiger partial charge in [0.1, 0.15) is 17.1 Å². The standard InChI is InChI=1S/C10H14N2O2/c1-4-6-5-7(13-2)8(11)9(12)10(6)14-3/h4-5H,1,11-12H2,2-3H3. The van der Waals surface area contributed by atoms with E-state index in [9.17, 15) is 0 Å². The maximum absolute atomic E-state index is 5.77. The van der Waals surface area contributed by atoms with Gasteiger partial charge in [-0.3, -0.25) is 0 Å². The summed E-state index contributed by atoms with van der Waals surface area (Å²) in [7, 11) is 3.06. The molecule has 0 atom stereocenters. The molecule has 0 aliphatic carbocycles. The van der Waals surface area contributed by atoms with Gasteiger partial charge in [-0.15, -0.1) is 0 Å². The molecular formula is C10H14N2O2. The summed E-state index contributed by atoms with van der Waals surface area (Å²) in [6.07, 6.45) is 1.64. The van der Waals surface area contributed by atoms with Crippen LogP contribution in [0, 0.1) is 0 Å². The summed E-state index contributed by atoms with van der Waals surface area (Å²) < 4.78 is 10.2. The predicted octanol–water partition coefficient (Wildman–Crippen LogP) is 1.51. The molecule has 0 unspecified atom stereocenters. The fraction of sp³-hybridized carbons (Fsp3) is 0.200. The van der Waals surface area contributed by atoms with Gasteiger partial charge in [0.05, 0.1) is 14.2 Å². The fourth-order valence-corrected chi connectivity index (χ4v) is 1.24. The molecule has 1 aromatic rings. The van der Waals surface area contributed by atoms with E-state index in [-0.39, 0.29) is 0 Å². The smallest absolute Gasteiger partial charge is 0.151 e. The third-order valence-corrected chi connectivity index (χ3v) is 1.99. The molecule has 0 saturated carbocycles. The molecule has 0 aromatic heterocycles. The molecule has 0 saturated heterocycles. The highest BCUT2D eigenvalue weighted by Gasteiger charge is 2.12. The van der Waals surface area contributed by atoms with Crippen molar-refractivity contribution in [2.75, 3.05) is 25.7 Å². The molecule has 0 bridgehead atoms. The monoisotopic (exact) mass is 194 g/mol. The summed E-state index contributed by atoms with van der Waals surface area (Å²) >= 11 is 0. The largest absolute Gasteiger partial charge is 0.494 e. The van der Waals surface area contributed by atoms with E-state index in [1.165, 1.54) is 14.2 Å². The first-order valence-electron chi connectivity index (χ1n) is 4.08.